The number of hydrogen-bond acceptors (Lipinski definition) is 5. The van der Waals surface area contributed by atoms with Gasteiger partial charge in [0.1, 0.15) is 11.9 Å². The van der Waals surface area contributed by atoms with Crippen LogP contribution in [-0.4, -0.2) is 20.6 Å². The Morgan fingerprint density at radius 3 is 2.56 bits per heavy atom. The third-order valence-electron chi connectivity index (χ3n) is 3.94. The molecule has 0 amide bonds. The molecule has 5 nitrogen and oxygen atoms in total. The maximum Gasteiger partial charge on any atom is 0.240 e. The lowest BCUT2D eigenvalue weighted by Crippen LogP contribution is -2.22. The first-order valence-electron chi connectivity index (χ1n) is 8.05. The van der Waals surface area contributed by atoms with Crippen LogP contribution in [0.3, 0.4) is 0 Å². The predicted molar refractivity (Wildman–Crippen MR) is 107 cm³/mol. The van der Waals surface area contributed by atoms with E-state index in [1.54, 1.807) is 12.1 Å². The summed E-state index contributed by atoms with van der Waals surface area (Å²) in [7, 11) is -2.25. The van der Waals surface area contributed by atoms with E-state index in [-0.39, 0.29) is 16.5 Å². The fourth-order valence-corrected chi connectivity index (χ4v) is 4.91. The van der Waals surface area contributed by atoms with Gasteiger partial charge in [0.25, 0.3) is 0 Å². The largest absolute Gasteiger partial charge is 0.495 e. The summed E-state index contributed by atoms with van der Waals surface area (Å²) in [5.41, 5.74) is 0.791. The van der Waals surface area contributed by atoms with Crippen molar-refractivity contribution < 1.29 is 18.3 Å². The number of benzene rings is 2. The monoisotopic (exact) mass is 423 g/mol. The summed E-state index contributed by atoms with van der Waals surface area (Å²) in [4.78, 5) is 1.61. The van der Waals surface area contributed by atoms with Crippen LogP contribution >= 0.6 is 22.9 Å². The van der Waals surface area contributed by atoms with Crippen LogP contribution in [0.4, 0.5) is 0 Å². The first kappa shape index (κ1) is 19.9. The van der Waals surface area contributed by atoms with Gasteiger partial charge in [-0.25, -0.2) is 13.1 Å². The zero-order valence-electron chi connectivity index (χ0n) is 14.4. The molecule has 2 N–H and O–H groups in total. The summed E-state index contributed by atoms with van der Waals surface area (Å²) < 4.78 is 32.5. The number of ether oxygens (including phenoxy) is 1. The van der Waals surface area contributed by atoms with E-state index in [1.807, 2.05) is 30.3 Å². The molecular formula is C19H18ClNO4S2. The lowest BCUT2D eigenvalue weighted by molar-refractivity contribution is 0.224. The highest BCUT2D eigenvalue weighted by molar-refractivity contribution is 7.89. The van der Waals surface area contributed by atoms with E-state index in [0.29, 0.717) is 5.75 Å². The minimum atomic E-state index is -3.71. The molecule has 1 aromatic heterocycles. The van der Waals surface area contributed by atoms with Crippen LogP contribution in [-0.2, 0) is 16.6 Å². The van der Waals surface area contributed by atoms with Gasteiger partial charge in [-0.1, -0.05) is 41.9 Å². The highest BCUT2D eigenvalue weighted by Gasteiger charge is 2.17. The van der Waals surface area contributed by atoms with Crippen molar-refractivity contribution in [3.05, 3.63) is 81.0 Å². The topological polar surface area (TPSA) is 75.6 Å². The van der Waals surface area contributed by atoms with Crippen molar-refractivity contribution in [1.29, 1.82) is 0 Å². The maximum atomic E-state index is 12.5. The molecule has 27 heavy (non-hydrogen) atoms. The molecule has 0 spiro atoms. The number of nitrogens with one attached hydrogen (secondary N) is 1. The second-order valence-electron chi connectivity index (χ2n) is 5.74. The van der Waals surface area contributed by atoms with Gasteiger partial charge >= 0.3 is 0 Å². The average molecular weight is 424 g/mol. The first-order valence-corrected chi connectivity index (χ1v) is 10.7. The first-order chi connectivity index (χ1) is 12.9. The molecule has 2 aromatic carbocycles. The Kier molecular flexibility index (Phi) is 6.18. The van der Waals surface area contributed by atoms with Crippen LogP contribution in [0.5, 0.6) is 5.75 Å². The van der Waals surface area contributed by atoms with Crippen LogP contribution < -0.4 is 9.46 Å². The molecule has 0 saturated carbocycles. The number of sulfonamides is 1. The van der Waals surface area contributed by atoms with E-state index in [4.69, 9.17) is 16.3 Å². The molecule has 0 fully saturated rings. The number of halogens is 1. The van der Waals surface area contributed by atoms with Gasteiger partial charge in [-0.3, -0.25) is 0 Å². The fourth-order valence-electron chi connectivity index (χ4n) is 2.50. The summed E-state index contributed by atoms with van der Waals surface area (Å²) in [5.74, 6) is 0.411. The minimum absolute atomic E-state index is 0.0643. The zero-order valence-corrected chi connectivity index (χ0v) is 16.8. The van der Waals surface area contributed by atoms with Crippen LogP contribution in [0, 0.1) is 0 Å². The standard InChI is InChI=1S/C19H18ClNO4S2/c1-25-17-9-8-15(11-16(17)20)27(23,24)21-12-14-7-10-18(26-14)19(22)13-5-3-2-4-6-13/h2-11,19,21-22H,12H2,1H3. The number of aliphatic hydroxyl groups excluding tert-OH is 1. The Morgan fingerprint density at radius 1 is 1.15 bits per heavy atom. The van der Waals surface area contributed by atoms with E-state index in [2.05, 4.69) is 4.72 Å². The molecule has 1 unspecified atom stereocenters. The molecule has 1 heterocycles. The van der Waals surface area contributed by atoms with Crippen molar-refractivity contribution in [2.75, 3.05) is 7.11 Å². The van der Waals surface area contributed by atoms with Gasteiger partial charge in [-0.05, 0) is 35.9 Å². The molecule has 142 valence electrons. The van der Waals surface area contributed by atoms with Gasteiger partial charge in [0, 0.05) is 16.3 Å². The molecule has 0 radical (unpaired) electrons. The van der Waals surface area contributed by atoms with Crippen molar-refractivity contribution in [2.24, 2.45) is 0 Å². The second kappa shape index (κ2) is 8.41. The SMILES string of the molecule is COc1ccc(S(=O)(=O)NCc2ccc(C(O)c3ccccc3)s2)cc1Cl. The summed E-state index contributed by atoms with van der Waals surface area (Å²) in [5, 5.41) is 10.7. The van der Waals surface area contributed by atoms with E-state index in [1.165, 1.54) is 36.6 Å². The summed E-state index contributed by atoms with van der Waals surface area (Å²) >= 11 is 7.36. The van der Waals surface area contributed by atoms with Crippen molar-refractivity contribution in [2.45, 2.75) is 17.5 Å². The average Bonchev–Trinajstić information content (AvgIpc) is 3.15. The van der Waals surface area contributed by atoms with Gasteiger partial charge in [0.05, 0.1) is 17.0 Å². The number of methoxy groups -OCH3 is 1. The van der Waals surface area contributed by atoms with E-state index in [9.17, 15) is 13.5 Å². The van der Waals surface area contributed by atoms with Crippen molar-refractivity contribution in [3.63, 3.8) is 0 Å². The Hall–Kier alpha value is -1.90. The molecule has 0 bridgehead atoms. The molecule has 3 aromatic rings. The Labute approximate surface area is 167 Å². The Morgan fingerprint density at radius 2 is 1.89 bits per heavy atom. The summed E-state index contributed by atoms with van der Waals surface area (Å²) in [6.45, 7) is 0.123. The highest BCUT2D eigenvalue weighted by Crippen LogP contribution is 2.29. The maximum absolute atomic E-state index is 12.5. The summed E-state index contributed by atoms with van der Waals surface area (Å²) in [6, 6.07) is 17.2. The van der Waals surface area contributed by atoms with E-state index >= 15 is 0 Å². The van der Waals surface area contributed by atoms with E-state index < -0.39 is 16.1 Å². The predicted octanol–water partition coefficient (Wildman–Crippen LogP) is 3.97. The van der Waals surface area contributed by atoms with Gasteiger partial charge in [-0.2, -0.15) is 0 Å². The molecule has 0 aliphatic heterocycles. The molecule has 0 aliphatic carbocycles. The van der Waals surface area contributed by atoms with Crippen molar-refractivity contribution in [1.82, 2.24) is 4.72 Å². The van der Waals surface area contributed by atoms with E-state index in [0.717, 1.165) is 15.3 Å². The number of rotatable bonds is 7. The lowest BCUT2D eigenvalue weighted by Gasteiger charge is -2.09. The number of hydrogen-bond donors (Lipinski definition) is 2. The molecule has 8 heteroatoms. The number of aliphatic hydroxyl groups is 1. The smallest absolute Gasteiger partial charge is 0.240 e. The molecule has 0 saturated heterocycles. The zero-order chi connectivity index (χ0) is 19.4. The fraction of sp³-hybridized carbons (Fsp3) is 0.158. The Balaban J connectivity index is 1.70. The summed E-state index contributed by atoms with van der Waals surface area (Å²) in [6.07, 6.45) is -0.734. The molecule has 0 aliphatic rings. The molecule has 3 rings (SSSR count). The van der Waals surface area contributed by atoms with Crippen LogP contribution in [0.15, 0.2) is 65.6 Å². The highest BCUT2D eigenvalue weighted by atomic mass is 35.5. The van der Waals surface area contributed by atoms with Gasteiger partial charge in [0.2, 0.25) is 10.0 Å². The third kappa shape index (κ3) is 4.69. The quantitative estimate of drug-likeness (QED) is 0.602. The van der Waals surface area contributed by atoms with Crippen LogP contribution in [0.1, 0.15) is 21.4 Å². The van der Waals surface area contributed by atoms with Crippen molar-refractivity contribution in [3.8, 4) is 5.75 Å². The lowest BCUT2D eigenvalue weighted by atomic mass is 10.1. The minimum Gasteiger partial charge on any atom is -0.495 e. The van der Waals surface area contributed by atoms with Gasteiger partial charge in [-0.15, -0.1) is 11.3 Å². The van der Waals surface area contributed by atoms with Crippen LogP contribution in [0.2, 0.25) is 5.02 Å². The van der Waals surface area contributed by atoms with Crippen molar-refractivity contribution >= 4 is 33.0 Å². The Bertz CT molecular complexity index is 1020. The van der Waals surface area contributed by atoms with Gasteiger partial charge in [0.15, 0.2) is 0 Å². The normalized spacial score (nSPS) is 12.7. The molecule has 1 atom stereocenters. The second-order valence-corrected chi connectivity index (χ2v) is 9.11. The third-order valence-corrected chi connectivity index (χ3v) is 6.77. The van der Waals surface area contributed by atoms with Crippen LogP contribution in [0.25, 0.3) is 0 Å². The number of thiophene rings is 1. The van der Waals surface area contributed by atoms with Gasteiger partial charge < -0.3 is 9.84 Å². The molecular weight excluding hydrogens is 406 g/mol.